The van der Waals surface area contributed by atoms with Gasteiger partial charge in [0, 0.05) is 18.6 Å². The van der Waals surface area contributed by atoms with Gasteiger partial charge in [-0.1, -0.05) is 12.1 Å². The van der Waals surface area contributed by atoms with E-state index in [1.807, 2.05) is 7.05 Å². The van der Waals surface area contributed by atoms with E-state index in [2.05, 4.69) is 64.0 Å². The molecule has 2 nitrogen and oxygen atoms in total. The van der Waals surface area contributed by atoms with Crippen LogP contribution in [0.3, 0.4) is 0 Å². The zero-order valence-corrected chi connectivity index (χ0v) is 13.7. The minimum atomic E-state index is 0.197. The van der Waals surface area contributed by atoms with Crippen molar-refractivity contribution in [2.45, 2.75) is 46.6 Å². The number of rotatable bonds is 6. The molecule has 1 rings (SSSR count). The molecule has 1 N–H and O–H groups in total. The first-order chi connectivity index (χ1) is 8.79. The molecular formula is C17H30N2. The Morgan fingerprint density at radius 3 is 2.32 bits per heavy atom. The first-order valence-corrected chi connectivity index (χ1v) is 7.21. The minimum Gasteiger partial charge on any atom is -0.318 e. The molecule has 0 spiro atoms. The second-order valence-electron chi connectivity index (χ2n) is 6.31. The fourth-order valence-corrected chi connectivity index (χ4v) is 2.44. The average Bonchev–Trinajstić information content (AvgIpc) is 2.34. The van der Waals surface area contributed by atoms with Gasteiger partial charge in [0.05, 0.1) is 0 Å². The lowest BCUT2D eigenvalue weighted by molar-refractivity contribution is 0.157. The molecule has 108 valence electrons. The lowest BCUT2D eigenvalue weighted by atomic mass is 9.96. The molecule has 0 heterocycles. The maximum absolute atomic E-state index is 3.27. The van der Waals surface area contributed by atoms with E-state index in [1.165, 1.54) is 22.3 Å². The van der Waals surface area contributed by atoms with Crippen LogP contribution in [0.1, 0.15) is 36.1 Å². The summed E-state index contributed by atoms with van der Waals surface area (Å²) >= 11 is 0. The highest BCUT2D eigenvalue weighted by molar-refractivity contribution is 5.38. The van der Waals surface area contributed by atoms with Crippen LogP contribution < -0.4 is 5.32 Å². The third-order valence-corrected chi connectivity index (χ3v) is 4.53. The molecule has 0 saturated heterocycles. The molecule has 0 fully saturated rings. The molecule has 0 aliphatic rings. The van der Waals surface area contributed by atoms with Crippen molar-refractivity contribution < 1.29 is 0 Å². The van der Waals surface area contributed by atoms with Gasteiger partial charge in [-0.2, -0.15) is 0 Å². The quantitative estimate of drug-likeness (QED) is 0.847. The van der Waals surface area contributed by atoms with Crippen molar-refractivity contribution in [3.8, 4) is 0 Å². The van der Waals surface area contributed by atoms with Gasteiger partial charge < -0.3 is 5.32 Å². The zero-order valence-electron chi connectivity index (χ0n) is 13.7. The summed E-state index contributed by atoms with van der Waals surface area (Å²) in [6.45, 7) is 13.3. The van der Waals surface area contributed by atoms with Crippen LogP contribution in [0.5, 0.6) is 0 Å². The molecular weight excluding hydrogens is 232 g/mol. The molecule has 0 bridgehead atoms. The Kier molecular flexibility index (Phi) is 5.57. The van der Waals surface area contributed by atoms with Gasteiger partial charge >= 0.3 is 0 Å². The highest BCUT2D eigenvalue weighted by Crippen LogP contribution is 2.19. The van der Waals surface area contributed by atoms with Crippen molar-refractivity contribution in [3.05, 3.63) is 34.4 Å². The van der Waals surface area contributed by atoms with Crippen molar-refractivity contribution in [3.63, 3.8) is 0 Å². The molecule has 2 heteroatoms. The van der Waals surface area contributed by atoms with Gasteiger partial charge in [-0.25, -0.2) is 0 Å². The third kappa shape index (κ3) is 4.05. The van der Waals surface area contributed by atoms with E-state index >= 15 is 0 Å². The molecule has 0 saturated carbocycles. The van der Waals surface area contributed by atoms with E-state index in [0.29, 0.717) is 0 Å². The number of nitrogens with one attached hydrogen (secondary N) is 1. The van der Waals surface area contributed by atoms with Crippen molar-refractivity contribution >= 4 is 0 Å². The summed E-state index contributed by atoms with van der Waals surface area (Å²) < 4.78 is 0. The Hall–Kier alpha value is -0.860. The van der Waals surface area contributed by atoms with E-state index < -0.39 is 0 Å². The van der Waals surface area contributed by atoms with E-state index in [1.54, 1.807) is 0 Å². The molecule has 0 radical (unpaired) electrons. The number of aryl methyl sites for hydroxylation is 1. The molecule has 1 aromatic carbocycles. The fourth-order valence-electron chi connectivity index (χ4n) is 2.44. The van der Waals surface area contributed by atoms with Crippen LogP contribution in [-0.4, -0.2) is 37.6 Å². The number of likely N-dealkylation sites (N-methyl/N-ethyl adjacent to an activating group) is 2. The van der Waals surface area contributed by atoms with E-state index in [9.17, 15) is 0 Å². The molecule has 0 unspecified atom stereocenters. The van der Waals surface area contributed by atoms with Gasteiger partial charge in [0.15, 0.2) is 0 Å². The smallest absolute Gasteiger partial charge is 0.0274 e. The molecule has 0 atom stereocenters. The first-order valence-electron chi connectivity index (χ1n) is 7.21. The fraction of sp³-hybridized carbons (Fsp3) is 0.647. The normalized spacial score (nSPS) is 12.2. The van der Waals surface area contributed by atoms with Crippen LogP contribution in [0.25, 0.3) is 0 Å². The summed E-state index contributed by atoms with van der Waals surface area (Å²) in [7, 11) is 4.23. The maximum Gasteiger partial charge on any atom is 0.0274 e. The summed E-state index contributed by atoms with van der Waals surface area (Å²) in [5.74, 6) is 0. The van der Waals surface area contributed by atoms with E-state index in [-0.39, 0.29) is 5.54 Å². The van der Waals surface area contributed by atoms with Gasteiger partial charge in [0.25, 0.3) is 0 Å². The second-order valence-corrected chi connectivity index (χ2v) is 6.31. The number of benzene rings is 1. The van der Waals surface area contributed by atoms with Gasteiger partial charge in [0.2, 0.25) is 0 Å². The topological polar surface area (TPSA) is 15.3 Å². The number of hydrogen-bond donors (Lipinski definition) is 1. The SMILES string of the molecule is CNCC(C)(C)N(C)CCc1ccc(C)c(C)c1C. The van der Waals surface area contributed by atoms with Crippen LogP contribution in [0.4, 0.5) is 0 Å². The first kappa shape index (κ1) is 16.2. The summed E-state index contributed by atoms with van der Waals surface area (Å²) in [4.78, 5) is 2.44. The Labute approximate surface area is 119 Å². The van der Waals surface area contributed by atoms with Crippen LogP contribution >= 0.6 is 0 Å². The average molecular weight is 262 g/mol. The summed E-state index contributed by atoms with van der Waals surface area (Å²) in [6, 6.07) is 4.53. The van der Waals surface area contributed by atoms with Crippen molar-refractivity contribution in [1.29, 1.82) is 0 Å². The monoisotopic (exact) mass is 262 g/mol. The lowest BCUT2D eigenvalue weighted by Crippen LogP contribution is -2.48. The molecule has 0 aliphatic heterocycles. The molecule has 0 aromatic heterocycles. The summed E-state index contributed by atoms with van der Waals surface area (Å²) in [5.41, 5.74) is 5.97. The van der Waals surface area contributed by atoms with E-state index in [4.69, 9.17) is 0 Å². The van der Waals surface area contributed by atoms with Gasteiger partial charge in [-0.15, -0.1) is 0 Å². The Balaban J connectivity index is 2.70. The molecule has 0 amide bonds. The Morgan fingerprint density at radius 1 is 1.11 bits per heavy atom. The van der Waals surface area contributed by atoms with Gasteiger partial charge in [0.1, 0.15) is 0 Å². The predicted octanol–water partition coefficient (Wildman–Crippen LogP) is 3.08. The van der Waals surface area contributed by atoms with Crippen molar-refractivity contribution in [1.82, 2.24) is 10.2 Å². The van der Waals surface area contributed by atoms with Gasteiger partial charge in [-0.05, 0) is 77.4 Å². The summed E-state index contributed by atoms with van der Waals surface area (Å²) in [5, 5.41) is 3.27. The molecule has 0 aliphatic carbocycles. The molecule has 1 aromatic rings. The predicted molar refractivity (Wildman–Crippen MR) is 85.0 cm³/mol. The maximum atomic E-state index is 3.27. The number of hydrogen-bond acceptors (Lipinski definition) is 2. The van der Waals surface area contributed by atoms with E-state index in [0.717, 1.165) is 19.5 Å². The minimum absolute atomic E-state index is 0.197. The van der Waals surface area contributed by atoms with Crippen molar-refractivity contribution in [2.24, 2.45) is 0 Å². The largest absolute Gasteiger partial charge is 0.318 e. The standard InChI is InChI=1S/C17H30N2/c1-13-8-9-16(15(3)14(13)2)10-11-19(7)17(4,5)12-18-6/h8-9,18H,10-12H2,1-7H3. The van der Waals surface area contributed by atoms with Crippen LogP contribution in [0, 0.1) is 20.8 Å². The highest BCUT2D eigenvalue weighted by atomic mass is 15.2. The summed E-state index contributed by atoms with van der Waals surface area (Å²) in [6.07, 6.45) is 1.12. The van der Waals surface area contributed by atoms with Crippen LogP contribution in [0.2, 0.25) is 0 Å². The second kappa shape index (κ2) is 6.53. The number of nitrogens with zero attached hydrogens (tertiary/aromatic N) is 1. The third-order valence-electron chi connectivity index (χ3n) is 4.53. The van der Waals surface area contributed by atoms with Gasteiger partial charge in [-0.3, -0.25) is 4.90 Å². The Bertz CT molecular complexity index is 422. The van der Waals surface area contributed by atoms with Crippen molar-refractivity contribution in [2.75, 3.05) is 27.2 Å². The molecule has 19 heavy (non-hydrogen) atoms. The zero-order chi connectivity index (χ0) is 14.6. The lowest BCUT2D eigenvalue weighted by Gasteiger charge is -2.35. The van der Waals surface area contributed by atoms with Crippen LogP contribution in [-0.2, 0) is 6.42 Å². The Morgan fingerprint density at radius 2 is 1.74 bits per heavy atom. The highest BCUT2D eigenvalue weighted by Gasteiger charge is 2.22. The van der Waals surface area contributed by atoms with Crippen LogP contribution in [0.15, 0.2) is 12.1 Å².